The third-order valence-corrected chi connectivity index (χ3v) is 5.23. The van der Waals surface area contributed by atoms with Gasteiger partial charge >= 0.3 is 0 Å². The molecule has 3 aromatic carbocycles. The van der Waals surface area contributed by atoms with E-state index in [1.165, 1.54) is 18.2 Å². The van der Waals surface area contributed by atoms with E-state index >= 15 is 0 Å². The summed E-state index contributed by atoms with van der Waals surface area (Å²) in [5.74, 6) is -10.0. The molecule has 3 aromatic rings. The highest BCUT2D eigenvalue weighted by Gasteiger charge is 2.29. The topological polar surface area (TPSA) is 35.5 Å². The highest BCUT2D eigenvalue weighted by Crippen LogP contribution is 2.35. The molecule has 0 unspecified atom stereocenters. The Morgan fingerprint density at radius 1 is 0.879 bits per heavy atom. The summed E-state index contributed by atoms with van der Waals surface area (Å²) in [7, 11) is 0. The number of fused-ring (bicyclic) bond motifs is 1. The zero-order valence-electron chi connectivity index (χ0n) is 17.5. The van der Waals surface area contributed by atoms with Gasteiger partial charge in [-0.2, -0.15) is 0 Å². The van der Waals surface area contributed by atoms with Gasteiger partial charge in [-0.15, -0.1) is 0 Å². The average molecular weight is 460 g/mol. The summed E-state index contributed by atoms with van der Waals surface area (Å²) < 4.78 is 78.3. The van der Waals surface area contributed by atoms with Gasteiger partial charge in [-0.3, -0.25) is 4.79 Å². The first kappa shape index (κ1) is 22.5. The third kappa shape index (κ3) is 4.20. The number of carbonyl (C=O) groups excluding carboxylic acids is 1. The van der Waals surface area contributed by atoms with Gasteiger partial charge in [0.05, 0.1) is 11.1 Å². The normalized spacial score (nSPS) is 14.1. The van der Waals surface area contributed by atoms with Crippen LogP contribution in [0.3, 0.4) is 0 Å². The quantitative estimate of drug-likeness (QED) is 0.184. The lowest BCUT2D eigenvalue weighted by molar-refractivity contribution is 0.101. The van der Waals surface area contributed by atoms with Crippen LogP contribution in [-0.2, 0) is 6.61 Å². The van der Waals surface area contributed by atoms with Gasteiger partial charge < -0.3 is 9.47 Å². The number of Topliss-reactive ketones (excluding diaryl/α,β-unsaturated/α-hetero) is 1. The van der Waals surface area contributed by atoms with Gasteiger partial charge in [0.25, 0.3) is 0 Å². The molecule has 0 radical (unpaired) electrons. The molecule has 0 aliphatic carbocycles. The smallest absolute Gasteiger partial charge is 0.231 e. The first-order valence-corrected chi connectivity index (χ1v) is 9.98. The summed E-state index contributed by atoms with van der Waals surface area (Å²) in [6.45, 7) is 3.22. The summed E-state index contributed by atoms with van der Waals surface area (Å²) in [6, 6.07) is 11.7. The van der Waals surface area contributed by atoms with Crippen LogP contribution in [0, 0.1) is 29.1 Å². The number of carbonyl (C=O) groups is 1. The van der Waals surface area contributed by atoms with E-state index in [0.717, 1.165) is 11.1 Å². The van der Waals surface area contributed by atoms with E-state index in [-0.39, 0.29) is 28.6 Å². The van der Waals surface area contributed by atoms with Crippen LogP contribution in [0.2, 0.25) is 0 Å². The molecule has 0 amide bonds. The van der Waals surface area contributed by atoms with Crippen LogP contribution in [-0.4, -0.2) is 5.78 Å². The summed E-state index contributed by atoms with van der Waals surface area (Å²) in [5.41, 5.74) is 1.06. The van der Waals surface area contributed by atoms with E-state index in [1.807, 2.05) is 24.3 Å². The second kappa shape index (κ2) is 8.69. The highest BCUT2D eigenvalue weighted by atomic mass is 19.2. The maximum atomic E-state index is 13.8. The predicted octanol–water partition coefficient (Wildman–Crippen LogP) is 6.70. The Bertz CT molecular complexity index is 1250. The van der Waals surface area contributed by atoms with E-state index in [0.29, 0.717) is 5.92 Å². The Morgan fingerprint density at radius 2 is 1.48 bits per heavy atom. The number of ketones is 1. The van der Waals surface area contributed by atoms with E-state index in [9.17, 15) is 26.7 Å². The fraction of sp³-hybridized carbons (Fsp3) is 0.160. The van der Waals surface area contributed by atoms with Crippen LogP contribution >= 0.6 is 0 Å². The van der Waals surface area contributed by atoms with Crippen molar-refractivity contribution < 1.29 is 36.2 Å². The van der Waals surface area contributed by atoms with Crippen LogP contribution in [0.4, 0.5) is 22.0 Å². The number of hydrogen-bond donors (Lipinski definition) is 0. The molecule has 170 valence electrons. The summed E-state index contributed by atoms with van der Waals surface area (Å²) in [4.78, 5) is 12.6. The van der Waals surface area contributed by atoms with Gasteiger partial charge in [0.2, 0.25) is 11.6 Å². The fourth-order valence-corrected chi connectivity index (χ4v) is 3.32. The average Bonchev–Trinajstić information content (AvgIpc) is 3.11. The number of ether oxygens (including phenoxy) is 2. The summed E-state index contributed by atoms with van der Waals surface area (Å²) in [5, 5.41) is 0. The van der Waals surface area contributed by atoms with Crippen molar-refractivity contribution in [3.63, 3.8) is 0 Å². The van der Waals surface area contributed by atoms with Crippen LogP contribution in [0.1, 0.15) is 46.8 Å². The number of rotatable bonds is 5. The van der Waals surface area contributed by atoms with E-state index in [1.54, 1.807) is 6.08 Å². The molecule has 3 nitrogen and oxygen atoms in total. The molecule has 0 atom stereocenters. The second-order valence-electron chi connectivity index (χ2n) is 7.76. The second-order valence-corrected chi connectivity index (χ2v) is 7.76. The van der Waals surface area contributed by atoms with Gasteiger partial charge in [-0.1, -0.05) is 38.1 Å². The lowest BCUT2D eigenvalue weighted by atomic mass is 10.0. The minimum Gasteiger partial charge on any atom is -0.489 e. The Kier molecular flexibility index (Phi) is 5.93. The van der Waals surface area contributed by atoms with Crippen molar-refractivity contribution >= 4 is 11.9 Å². The van der Waals surface area contributed by atoms with Gasteiger partial charge in [0.15, 0.2) is 29.0 Å². The molecule has 0 N–H and O–H groups in total. The molecule has 4 rings (SSSR count). The predicted molar refractivity (Wildman–Crippen MR) is 110 cm³/mol. The van der Waals surface area contributed by atoms with Gasteiger partial charge in [0, 0.05) is 6.07 Å². The molecule has 8 heteroatoms. The molecular weight excluding hydrogens is 443 g/mol. The van der Waals surface area contributed by atoms with Gasteiger partial charge in [0.1, 0.15) is 18.1 Å². The highest BCUT2D eigenvalue weighted by molar-refractivity contribution is 6.14. The van der Waals surface area contributed by atoms with Crippen molar-refractivity contribution in [1.82, 2.24) is 0 Å². The molecule has 0 fully saturated rings. The molecule has 33 heavy (non-hydrogen) atoms. The number of benzene rings is 3. The number of allylic oxidation sites excluding steroid dienone is 1. The molecule has 1 heterocycles. The van der Waals surface area contributed by atoms with Crippen LogP contribution in [0.5, 0.6) is 11.5 Å². The van der Waals surface area contributed by atoms with Crippen molar-refractivity contribution in [2.24, 2.45) is 0 Å². The molecule has 0 saturated carbocycles. The summed E-state index contributed by atoms with van der Waals surface area (Å²) in [6.07, 6.45) is 1.59. The molecule has 0 saturated heterocycles. The lowest BCUT2D eigenvalue weighted by Crippen LogP contribution is -2.09. The number of hydrogen-bond acceptors (Lipinski definition) is 3. The molecule has 1 aliphatic heterocycles. The zero-order valence-corrected chi connectivity index (χ0v) is 17.5. The first-order chi connectivity index (χ1) is 15.7. The Labute approximate surface area is 186 Å². The van der Waals surface area contributed by atoms with Gasteiger partial charge in [-0.25, -0.2) is 22.0 Å². The molecule has 0 bridgehead atoms. The largest absolute Gasteiger partial charge is 0.489 e. The van der Waals surface area contributed by atoms with Crippen molar-refractivity contribution in [2.75, 3.05) is 0 Å². The SMILES string of the molecule is CC(C)c1ccc(/C=C2\Oc3cc(OCc4c(F)c(F)c(F)c(F)c4F)ccc3C2=O)cc1. The summed E-state index contributed by atoms with van der Waals surface area (Å²) >= 11 is 0. The van der Waals surface area contributed by atoms with Crippen LogP contribution < -0.4 is 9.47 Å². The van der Waals surface area contributed by atoms with E-state index in [2.05, 4.69) is 13.8 Å². The van der Waals surface area contributed by atoms with Crippen molar-refractivity contribution in [3.05, 3.63) is 99.6 Å². The van der Waals surface area contributed by atoms with Crippen molar-refractivity contribution in [3.8, 4) is 11.5 Å². The van der Waals surface area contributed by atoms with Crippen LogP contribution in [0.25, 0.3) is 6.08 Å². The van der Waals surface area contributed by atoms with Gasteiger partial charge in [-0.05, 0) is 35.3 Å². The maximum absolute atomic E-state index is 13.8. The standard InChI is InChI=1S/C25H17F5O3/c1-12(2)14-5-3-13(4-6-14)9-19-25(31)16-8-7-15(10-18(16)33-19)32-11-17-20(26)22(28)24(30)23(29)21(17)27/h3-10,12H,11H2,1-2H3/b19-9-. The molecule has 0 spiro atoms. The Balaban J connectivity index is 1.53. The monoisotopic (exact) mass is 460 g/mol. The minimum absolute atomic E-state index is 0.0213. The minimum atomic E-state index is -2.24. The number of halogens is 5. The third-order valence-electron chi connectivity index (χ3n) is 5.23. The molecule has 1 aliphatic rings. The molecule has 0 aromatic heterocycles. The Hall–Kier alpha value is -3.68. The van der Waals surface area contributed by atoms with E-state index in [4.69, 9.17) is 9.47 Å². The van der Waals surface area contributed by atoms with Crippen LogP contribution in [0.15, 0.2) is 48.2 Å². The van der Waals surface area contributed by atoms with Crippen molar-refractivity contribution in [1.29, 1.82) is 0 Å². The van der Waals surface area contributed by atoms with Crippen molar-refractivity contribution in [2.45, 2.75) is 26.4 Å². The maximum Gasteiger partial charge on any atom is 0.231 e. The Morgan fingerprint density at radius 3 is 2.09 bits per heavy atom. The molecular formula is C25H17F5O3. The fourth-order valence-electron chi connectivity index (χ4n) is 3.32. The van der Waals surface area contributed by atoms with E-state index < -0.39 is 41.3 Å². The lowest BCUT2D eigenvalue weighted by Gasteiger charge is -2.10. The first-order valence-electron chi connectivity index (χ1n) is 9.98. The zero-order chi connectivity index (χ0) is 23.9.